The molecule has 1 aliphatic heterocycles. The summed E-state index contributed by atoms with van der Waals surface area (Å²) in [6.45, 7) is 9.64. The van der Waals surface area contributed by atoms with Gasteiger partial charge in [0.25, 0.3) is 0 Å². The zero-order valence-corrected chi connectivity index (χ0v) is 16.4. The van der Waals surface area contributed by atoms with Crippen LogP contribution in [0.4, 0.5) is 0 Å². The Bertz CT molecular complexity index is 547. The monoisotopic (exact) mass is 364 g/mol. The van der Waals surface area contributed by atoms with Crippen molar-refractivity contribution in [1.82, 2.24) is 15.5 Å². The van der Waals surface area contributed by atoms with Gasteiger partial charge < -0.3 is 15.4 Å². The zero-order chi connectivity index (χ0) is 17.5. The Labute approximate surface area is 155 Å². The molecular weight excluding hydrogens is 332 g/mol. The molecule has 1 aliphatic carbocycles. The third-order valence-electron chi connectivity index (χ3n) is 5.04. The predicted octanol–water partition coefficient (Wildman–Crippen LogP) is 2.93. The van der Waals surface area contributed by atoms with E-state index in [2.05, 4.69) is 41.5 Å². The molecule has 0 bridgehead atoms. The maximum Gasteiger partial charge on any atom is 0.191 e. The molecule has 1 saturated carbocycles. The SMILES string of the molecule is CCNC(=NCC(c1ccc(C)s1)N1CCOCC1)NC1CCCC1. The molecule has 2 aliphatic rings. The van der Waals surface area contributed by atoms with E-state index in [4.69, 9.17) is 9.73 Å². The average Bonchev–Trinajstić information content (AvgIpc) is 3.28. The molecule has 140 valence electrons. The highest BCUT2D eigenvalue weighted by atomic mass is 32.1. The lowest BCUT2D eigenvalue weighted by Gasteiger charge is -2.33. The van der Waals surface area contributed by atoms with Gasteiger partial charge in [0.1, 0.15) is 0 Å². The fourth-order valence-corrected chi connectivity index (χ4v) is 4.67. The second kappa shape index (κ2) is 9.55. The fourth-order valence-electron chi connectivity index (χ4n) is 3.67. The largest absolute Gasteiger partial charge is 0.379 e. The molecule has 0 aromatic carbocycles. The second-order valence-corrected chi connectivity index (χ2v) is 8.28. The first-order valence-corrected chi connectivity index (χ1v) is 10.5. The van der Waals surface area contributed by atoms with Crippen molar-refractivity contribution in [3.8, 4) is 0 Å². The molecule has 6 heteroatoms. The lowest BCUT2D eigenvalue weighted by atomic mass is 10.2. The Balaban J connectivity index is 1.70. The van der Waals surface area contributed by atoms with E-state index in [0.29, 0.717) is 12.1 Å². The van der Waals surface area contributed by atoms with Crippen LogP contribution in [0.25, 0.3) is 0 Å². The smallest absolute Gasteiger partial charge is 0.191 e. The van der Waals surface area contributed by atoms with Gasteiger partial charge in [-0.3, -0.25) is 9.89 Å². The molecule has 0 radical (unpaired) electrons. The number of aliphatic imine (C=N–C) groups is 1. The summed E-state index contributed by atoms with van der Waals surface area (Å²) in [6.07, 6.45) is 5.20. The lowest BCUT2D eigenvalue weighted by molar-refractivity contribution is 0.0186. The molecule has 5 nitrogen and oxygen atoms in total. The molecule has 1 unspecified atom stereocenters. The highest BCUT2D eigenvalue weighted by molar-refractivity contribution is 7.12. The number of hydrogen-bond acceptors (Lipinski definition) is 4. The van der Waals surface area contributed by atoms with Gasteiger partial charge in [-0.25, -0.2) is 0 Å². The summed E-state index contributed by atoms with van der Waals surface area (Å²) in [4.78, 5) is 10.3. The number of rotatable bonds is 6. The Morgan fingerprint density at radius 3 is 2.72 bits per heavy atom. The molecule has 1 saturated heterocycles. The molecule has 0 amide bonds. The number of aryl methyl sites for hydroxylation is 1. The summed E-state index contributed by atoms with van der Waals surface area (Å²) in [5.74, 6) is 0.973. The number of nitrogens with zero attached hydrogens (tertiary/aromatic N) is 2. The minimum atomic E-state index is 0.349. The maximum atomic E-state index is 5.55. The van der Waals surface area contributed by atoms with Gasteiger partial charge >= 0.3 is 0 Å². The van der Waals surface area contributed by atoms with Crippen molar-refractivity contribution in [3.05, 3.63) is 21.9 Å². The van der Waals surface area contributed by atoms with Crippen LogP contribution in [0.3, 0.4) is 0 Å². The molecular formula is C19H32N4OS. The maximum absolute atomic E-state index is 5.55. The van der Waals surface area contributed by atoms with Crippen molar-refractivity contribution < 1.29 is 4.74 Å². The summed E-state index contributed by atoms with van der Waals surface area (Å²) >= 11 is 1.89. The van der Waals surface area contributed by atoms with Crippen molar-refractivity contribution >= 4 is 17.3 Å². The Kier molecular flexibility index (Phi) is 7.13. The van der Waals surface area contributed by atoms with E-state index >= 15 is 0 Å². The van der Waals surface area contributed by atoms with Gasteiger partial charge in [-0.15, -0.1) is 11.3 Å². The number of thiophene rings is 1. The van der Waals surface area contributed by atoms with Gasteiger partial charge in [-0.1, -0.05) is 12.8 Å². The van der Waals surface area contributed by atoms with Crippen LogP contribution in [0.15, 0.2) is 17.1 Å². The minimum absolute atomic E-state index is 0.349. The van der Waals surface area contributed by atoms with Gasteiger partial charge in [-0.05, 0) is 38.8 Å². The topological polar surface area (TPSA) is 48.9 Å². The van der Waals surface area contributed by atoms with Crippen molar-refractivity contribution in [2.45, 2.75) is 51.6 Å². The number of guanidine groups is 1. The summed E-state index contributed by atoms with van der Waals surface area (Å²) in [5.41, 5.74) is 0. The Morgan fingerprint density at radius 1 is 1.32 bits per heavy atom. The highest BCUT2D eigenvalue weighted by Gasteiger charge is 2.24. The molecule has 2 N–H and O–H groups in total. The van der Waals surface area contributed by atoms with Crippen LogP contribution in [0.5, 0.6) is 0 Å². The zero-order valence-electron chi connectivity index (χ0n) is 15.6. The van der Waals surface area contributed by atoms with E-state index in [1.807, 2.05) is 11.3 Å². The van der Waals surface area contributed by atoms with Crippen molar-refractivity contribution in [1.29, 1.82) is 0 Å². The standard InChI is InChI=1S/C19H32N4OS/c1-3-20-19(22-16-6-4-5-7-16)21-14-17(18-9-8-15(2)25-18)23-10-12-24-13-11-23/h8-9,16-17H,3-7,10-14H2,1-2H3,(H2,20,21,22). The summed E-state index contributed by atoms with van der Waals surface area (Å²) < 4.78 is 5.55. The van der Waals surface area contributed by atoms with Crippen LogP contribution < -0.4 is 10.6 Å². The third kappa shape index (κ3) is 5.43. The second-order valence-electron chi connectivity index (χ2n) is 6.96. The van der Waals surface area contributed by atoms with Crippen LogP contribution in [0, 0.1) is 6.92 Å². The fraction of sp³-hybridized carbons (Fsp3) is 0.737. The molecule has 1 aromatic rings. The average molecular weight is 365 g/mol. The van der Waals surface area contributed by atoms with Gasteiger partial charge in [-0.2, -0.15) is 0 Å². The van der Waals surface area contributed by atoms with Crippen LogP contribution in [-0.2, 0) is 4.74 Å². The summed E-state index contributed by atoms with van der Waals surface area (Å²) in [6, 6.07) is 5.43. The molecule has 2 fully saturated rings. The number of morpholine rings is 1. The van der Waals surface area contributed by atoms with Crippen LogP contribution in [-0.4, -0.2) is 56.3 Å². The summed E-state index contributed by atoms with van der Waals surface area (Å²) in [7, 11) is 0. The van der Waals surface area contributed by atoms with E-state index in [1.54, 1.807) is 0 Å². The number of nitrogens with one attached hydrogen (secondary N) is 2. The first kappa shape index (κ1) is 18.7. The van der Waals surface area contributed by atoms with Gasteiger partial charge in [0, 0.05) is 35.4 Å². The van der Waals surface area contributed by atoms with E-state index in [0.717, 1.165) is 45.4 Å². The molecule has 1 aromatic heterocycles. The lowest BCUT2D eigenvalue weighted by Crippen LogP contribution is -2.44. The van der Waals surface area contributed by atoms with Crippen LogP contribution in [0.2, 0.25) is 0 Å². The minimum Gasteiger partial charge on any atom is -0.379 e. The Morgan fingerprint density at radius 2 is 2.08 bits per heavy atom. The molecule has 1 atom stereocenters. The van der Waals surface area contributed by atoms with Gasteiger partial charge in [0.2, 0.25) is 0 Å². The highest BCUT2D eigenvalue weighted by Crippen LogP contribution is 2.28. The van der Waals surface area contributed by atoms with Crippen molar-refractivity contribution in [2.24, 2.45) is 4.99 Å². The van der Waals surface area contributed by atoms with Crippen molar-refractivity contribution in [2.75, 3.05) is 39.4 Å². The molecule has 2 heterocycles. The third-order valence-corrected chi connectivity index (χ3v) is 6.14. The van der Waals surface area contributed by atoms with Crippen LogP contribution in [0.1, 0.15) is 48.4 Å². The number of hydrogen-bond donors (Lipinski definition) is 2. The predicted molar refractivity (Wildman–Crippen MR) is 106 cm³/mol. The van der Waals surface area contributed by atoms with E-state index in [1.165, 1.54) is 35.4 Å². The van der Waals surface area contributed by atoms with E-state index in [9.17, 15) is 0 Å². The molecule has 3 rings (SSSR count). The first-order chi connectivity index (χ1) is 12.3. The Hall–Kier alpha value is -1.11. The van der Waals surface area contributed by atoms with Gasteiger partial charge in [0.15, 0.2) is 5.96 Å². The molecule has 0 spiro atoms. The van der Waals surface area contributed by atoms with Gasteiger partial charge in [0.05, 0.1) is 25.8 Å². The first-order valence-electron chi connectivity index (χ1n) is 9.69. The number of ether oxygens (including phenoxy) is 1. The van der Waals surface area contributed by atoms with Crippen molar-refractivity contribution in [3.63, 3.8) is 0 Å². The van der Waals surface area contributed by atoms with E-state index < -0.39 is 0 Å². The van der Waals surface area contributed by atoms with Crippen LogP contribution >= 0.6 is 11.3 Å². The molecule has 25 heavy (non-hydrogen) atoms. The van der Waals surface area contributed by atoms with E-state index in [-0.39, 0.29) is 0 Å². The quantitative estimate of drug-likeness (QED) is 0.602. The normalized spacial score (nSPS) is 21.4. The summed E-state index contributed by atoms with van der Waals surface area (Å²) in [5, 5.41) is 7.05.